The molecule has 0 saturated heterocycles. The molecule has 0 bridgehead atoms. The maximum absolute atomic E-state index is 13.9. The van der Waals surface area contributed by atoms with E-state index in [0.29, 0.717) is 11.1 Å². The van der Waals surface area contributed by atoms with Crippen LogP contribution in [0.15, 0.2) is 121 Å². The van der Waals surface area contributed by atoms with Gasteiger partial charge in [0.05, 0.1) is 22.5 Å². The van der Waals surface area contributed by atoms with Crippen molar-refractivity contribution in [2.45, 2.75) is 12.4 Å². The molecule has 278 valence electrons. The summed E-state index contributed by atoms with van der Waals surface area (Å²) in [7, 11) is 0. The van der Waals surface area contributed by atoms with Gasteiger partial charge < -0.3 is 20.9 Å². The van der Waals surface area contributed by atoms with Crippen molar-refractivity contribution in [3.8, 4) is 45.5 Å². The standard InChI is InChI=1S/C42H24F6N4O4/c43-41(44,45)30-19-23(49)9-17-33(30)55-25-11-5-21(6-12-25)36-37(22-7-13-26(14-8-22)56-34-18-10-24(50)20-31(34)42(46,47)48)52-38-32(51-36)16-15-29-35(38)40(54)28-4-2-1-3-27(28)39(29)53/h1-20H,49-50H2. The molecule has 0 spiro atoms. The number of aromatic nitrogens is 2. The summed E-state index contributed by atoms with van der Waals surface area (Å²) in [4.78, 5) is 37.1. The number of halogens is 6. The number of hydrogen-bond acceptors (Lipinski definition) is 8. The quantitative estimate of drug-likeness (QED) is 0.126. The van der Waals surface area contributed by atoms with Crippen LogP contribution < -0.4 is 20.9 Å². The number of carbonyl (C=O) groups excluding carboxylic acids is 2. The lowest BCUT2D eigenvalue weighted by molar-refractivity contribution is -0.139. The maximum atomic E-state index is 13.9. The van der Waals surface area contributed by atoms with Crippen LogP contribution in [0.4, 0.5) is 37.7 Å². The van der Waals surface area contributed by atoms with E-state index < -0.39 is 40.8 Å². The molecule has 0 unspecified atom stereocenters. The van der Waals surface area contributed by atoms with E-state index in [9.17, 15) is 35.9 Å². The molecule has 6 aromatic carbocycles. The smallest absolute Gasteiger partial charge is 0.420 e. The van der Waals surface area contributed by atoms with Crippen LogP contribution >= 0.6 is 0 Å². The fourth-order valence-corrected chi connectivity index (χ4v) is 6.43. The second-order valence-electron chi connectivity index (χ2n) is 12.7. The molecule has 8 nitrogen and oxygen atoms in total. The van der Waals surface area contributed by atoms with Gasteiger partial charge in [0.15, 0.2) is 11.6 Å². The van der Waals surface area contributed by atoms with E-state index in [1.165, 1.54) is 54.6 Å². The van der Waals surface area contributed by atoms with Gasteiger partial charge in [-0.3, -0.25) is 9.59 Å². The van der Waals surface area contributed by atoms with Crippen LogP contribution in [-0.2, 0) is 12.4 Å². The lowest BCUT2D eigenvalue weighted by Crippen LogP contribution is -2.21. The molecule has 56 heavy (non-hydrogen) atoms. The molecule has 7 aromatic rings. The van der Waals surface area contributed by atoms with Gasteiger partial charge in [0.1, 0.15) is 39.6 Å². The third kappa shape index (κ3) is 6.50. The van der Waals surface area contributed by atoms with Gasteiger partial charge >= 0.3 is 12.4 Å². The number of hydrogen-bond donors (Lipinski definition) is 2. The van der Waals surface area contributed by atoms with Crippen molar-refractivity contribution in [3.05, 3.63) is 155 Å². The van der Waals surface area contributed by atoms with Gasteiger partial charge in [0.2, 0.25) is 0 Å². The predicted octanol–water partition coefficient (Wildman–Crippen LogP) is 10.5. The molecular weight excluding hydrogens is 738 g/mol. The zero-order valence-corrected chi connectivity index (χ0v) is 28.5. The minimum absolute atomic E-state index is 0.0523. The van der Waals surface area contributed by atoms with Gasteiger partial charge in [-0.2, -0.15) is 26.3 Å². The third-order valence-electron chi connectivity index (χ3n) is 9.05. The van der Waals surface area contributed by atoms with Gasteiger partial charge in [0, 0.05) is 39.2 Å². The van der Waals surface area contributed by atoms with E-state index in [2.05, 4.69) is 0 Å². The second kappa shape index (κ2) is 13.3. The summed E-state index contributed by atoms with van der Waals surface area (Å²) in [6.45, 7) is 0. The Hall–Kier alpha value is -7.22. The Morgan fingerprint density at radius 1 is 0.500 bits per heavy atom. The average Bonchev–Trinajstić information content (AvgIpc) is 3.17. The molecule has 1 aliphatic rings. The highest BCUT2D eigenvalue weighted by atomic mass is 19.4. The Labute approximate surface area is 313 Å². The van der Waals surface area contributed by atoms with E-state index in [1.807, 2.05) is 0 Å². The number of nitrogens with two attached hydrogens (primary N) is 2. The average molecular weight is 763 g/mol. The molecule has 0 amide bonds. The summed E-state index contributed by atoms with van der Waals surface area (Å²) in [5.41, 5.74) is 11.3. The van der Waals surface area contributed by atoms with Crippen molar-refractivity contribution >= 4 is 34.0 Å². The van der Waals surface area contributed by atoms with E-state index in [1.54, 1.807) is 42.5 Å². The lowest BCUT2D eigenvalue weighted by atomic mass is 9.83. The van der Waals surface area contributed by atoms with Crippen LogP contribution in [0.2, 0.25) is 0 Å². The summed E-state index contributed by atoms with van der Waals surface area (Å²) in [6.07, 6.45) is -9.47. The van der Waals surface area contributed by atoms with Gasteiger partial charge in [0.25, 0.3) is 0 Å². The predicted molar refractivity (Wildman–Crippen MR) is 196 cm³/mol. The van der Waals surface area contributed by atoms with Crippen LogP contribution in [0, 0.1) is 0 Å². The summed E-state index contributed by atoms with van der Waals surface area (Å²) in [5, 5.41) is 0. The number of anilines is 2. The second-order valence-corrected chi connectivity index (χ2v) is 12.7. The SMILES string of the molecule is Nc1ccc(Oc2ccc(-c3nc4ccc5c(c4nc3-c3ccc(Oc4ccc(N)cc4C(F)(F)F)cc3)C(=O)c3ccccc3C5=O)cc2)c(C(F)(F)F)c1. The van der Waals surface area contributed by atoms with Crippen molar-refractivity contribution in [2.24, 2.45) is 0 Å². The summed E-state index contributed by atoms with van der Waals surface area (Å²) in [6, 6.07) is 27.7. The van der Waals surface area contributed by atoms with Crippen molar-refractivity contribution in [1.82, 2.24) is 9.97 Å². The van der Waals surface area contributed by atoms with Crippen molar-refractivity contribution in [3.63, 3.8) is 0 Å². The largest absolute Gasteiger partial charge is 0.457 e. The topological polar surface area (TPSA) is 130 Å². The normalized spacial score (nSPS) is 12.7. The van der Waals surface area contributed by atoms with E-state index >= 15 is 0 Å². The zero-order chi connectivity index (χ0) is 39.5. The number of alkyl halides is 6. The third-order valence-corrected chi connectivity index (χ3v) is 9.05. The number of carbonyl (C=O) groups is 2. The minimum Gasteiger partial charge on any atom is -0.457 e. The maximum Gasteiger partial charge on any atom is 0.420 e. The molecule has 0 aliphatic heterocycles. The Kier molecular flexibility index (Phi) is 8.48. The van der Waals surface area contributed by atoms with Crippen LogP contribution in [0.5, 0.6) is 23.0 Å². The number of ether oxygens (including phenoxy) is 2. The molecule has 8 rings (SSSR count). The van der Waals surface area contributed by atoms with E-state index in [-0.39, 0.29) is 73.3 Å². The van der Waals surface area contributed by atoms with Crippen molar-refractivity contribution in [1.29, 1.82) is 0 Å². The van der Waals surface area contributed by atoms with Gasteiger partial charge in [-0.05, 0) is 97.1 Å². The Morgan fingerprint density at radius 2 is 0.964 bits per heavy atom. The summed E-state index contributed by atoms with van der Waals surface area (Å²) < 4.78 is 93.7. The molecule has 1 heterocycles. The first-order valence-electron chi connectivity index (χ1n) is 16.7. The fourth-order valence-electron chi connectivity index (χ4n) is 6.43. The molecule has 0 fully saturated rings. The minimum atomic E-state index is -4.74. The molecule has 4 N–H and O–H groups in total. The van der Waals surface area contributed by atoms with Crippen LogP contribution in [0.1, 0.15) is 43.0 Å². The summed E-state index contributed by atoms with van der Waals surface area (Å²) in [5.74, 6) is -1.60. The first kappa shape index (κ1) is 35.8. The molecule has 0 saturated carbocycles. The Bertz CT molecular complexity index is 2730. The molecular formula is C42H24F6N4O4. The molecule has 14 heteroatoms. The highest BCUT2D eigenvalue weighted by molar-refractivity contribution is 6.31. The highest BCUT2D eigenvalue weighted by Gasteiger charge is 2.36. The van der Waals surface area contributed by atoms with Gasteiger partial charge in [-0.1, -0.05) is 24.3 Å². The number of ketones is 2. The van der Waals surface area contributed by atoms with Gasteiger partial charge in [-0.25, -0.2) is 9.97 Å². The van der Waals surface area contributed by atoms with Crippen molar-refractivity contribution in [2.75, 3.05) is 11.5 Å². The number of rotatable bonds is 6. The van der Waals surface area contributed by atoms with E-state index in [0.717, 1.165) is 24.3 Å². The first-order chi connectivity index (χ1) is 26.7. The summed E-state index contributed by atoms with van der Waals surface area (Å²) >= 11 is 0. The number of nitrogen functional groups attached to an aromatic ring is 2. The van der Waals surface area contributed by atoms with Crippen molar-refractivity contribution < 1.29 is 45.4 Å². The number of nitrogens with zero attached hydrogens (tertiary/aromatic N) is 2. The highest BCUT2D eigenvalue weighted by Crippen LogP contribution is 2.42. The van der Waals surface area contributed by atoms with Crippen LogP contribution in [0.25, 0.3) is 33.5 Å². The van der Waals surface area contributed by atoms with E-state index in [4.69, 9.17) is 30.9 Å². The monoisotopic (exact) mass is 762 g/mol. The molecule has 1 aromatic heterocycles. The lowest BCUT2D eigenvalue weighted by Gasteiger charge is -2.19. The van der Waals surface area contributed by atoms with Crippen LogP contribution in [0.3, 0.4) is 0 Å². The molecule has 0 atom stereocenters. The first-order valence-corrected chi connectivity index (χ1v) is 16.7. The Balaban J connectivity index is 1.23. The zero-order valence-electron chi connectivity index (χ0n) is 28.5. The number of fused-ring (bicyclic) bond motifs is 4. The molecule has 0 radical (unpaired) electrons. The fraction of sp³-hybridized carbons (Fsp3) is 0.0476. The van der Waals surface area contributed by atoms with Gasteiger partial charge in [-0.15, -0.1) is 0 Å². The number of benzene rings is 6. The Morgan fingerprint density at radius 3 is 1.45 bits per heavy atom. The molecule has 1 aliphatic carbocycles. The van der Waals surface area contributed by atoms with Crippen LogP contribution in [-0.4, -0.2) is 21.5 Å².